The minimum absolute atomic E-state index is 0.00599. The SMILES string of the molecule is [C-]#[N+]c1c(N=Nc2ccc(N(CCCOCCO)CCOCCO)cc2C)sc(C(=O)O)c1C. The first-order chi connectivity index (χ1) is 16.4. The Balaban J connectivity index is 2.17. The molecule has 2 aromatic rings. The molecule has 0 spiro atoms. The molecule has 0 amide bonds. The second-order valence-corrected chi connectivity index (χ2v) is 8.31. The number of carbonyl (C=O) groups is 1. The van der Waals surface area contributed by atoms with Gasteiger partial charge in [-0.15, -0.1) is 11.3 Å². The highest BCUT2D eigenvalue weighted by atomic mass is 32.1. The molecule has 0 saturated carbocycles. The lowest BCUT2D eigenvalue weighted by Gasteiger charge is -2.25. The quantitative estimate of drug-likeness (QED) is 0.193. The first-order valence-electron chi connectivity index (χ1n) is 10.8. The smallest absolute Gasteiger partial charge is 0.344 e. The molecule has 0 atom stereocenters. The largest absolute Gasteiger partial charge is 0.477 e. The van der Waals surface area contributed by atoms with Gasteiger partial charge in [-0.2, -0.15) is 10.2 Å². The van der Waals surface area contributed by atoms with Gasteiger partial charge >= 0.3 is 5.97 Å². The zero-order chi connectivity index (χ0) is 24.9. The zero-order valence-electron chi connectivity index (χ0n) is 19.4. The van der Waals surface area contributed by atoms with E-state index in [1.807, 2.05) is 25.1 Å². The predicted molar refractivity (Wildman–Crippen MR) is 130 cm³/mol. The van der Waals surface area contributed by atoms with Crippen LogP contribution in [0, 0.1) is 20.4 Å². The summed E-state index contributed by atoms with van der Waals surface area (Å²) in [6.45, 7) is 13.7. The van der Waals surface area contributed by atoms with Gasteiger partial charge in [0.25, 0.3) is 0 Å². The highest BCUT2D eigenvalue weighted by Gasteiger charge is 2.19. The van der Waals surface area contributed by atoms with Crippen LogP contribution < -0.4 is 4.90 Å². The number of benzene rings is 1. The summed E-state index contributed by atoms with van der Waals surface area (Å²) in [4.78, 5) is 17.0. The van der Waals surface area contributed by atoms with E-state index in [1.54, 1.807) is 6.92 Å². The van der Waals surface area contributed by atoms with E-state index in [2.05, 4.69) is 20.0 Å². The van der Waals surface area contributed by atoms with Crippen molar-refractivity contribution in [2.24, 2.45) is 10.2 Å². The molecular weight excluding hydrogens is 460 g/mol. The van der Waals surface area contributed by atoms with Crippen molar-refractivity contribution < 1.29 is 29.6 Å². The van der Waals surface area contributed by atoms with Crippen molar-refractivity contribution in [3.05, 3.63) is 45.6 Å². The van der Waals surface area contributed by atoms with Gasteiger partial charge in [-0.3, -0.25) is 0 Å². The van der Waals surface area contributed by atoms with Crippen LogP contribution >= 0.6 is 11.3 Å². The number of aliphatic hydroxyl groups excluding tert-OH is 2. The molecule has 0 saturated heterocycles. The van der Waals surface area contributed by atoms with Crippen molar-refractivity contribution in [2.75, 3.05) is 57.6 Å². The van der Waals surface area contributed by atoms with Gasteiger partial charge in [0.2, 0.25) is 5.69 Å². The fraction of sp³-hybridized carbons (Fsp3) is 0.478. The van der Waals surface area contributed by atoms with Gasteiger partial charge in [0.05, 0.1) is 45.3 Å². The number of azo groups is 1. The van der Waals surface area contributed by atoms with E-state index in [1.165, 1.54) is 0 Å². The van der Waals surface area contributed by atoms with Gasteiger partial charge in [-0.25, -0.2) is 9.64 Å². The molecule has 0 unspecified atom stereocenters. The molecule has 184 valence electrons. The normalized spacial score (nSPS) is 11.1. The average molecular weight is 491 g/mol. The van der Waals surface area contributed by atoms with Crippen LogP contribution in [0.3, 0.4) is 0 Å². The van der Waals surface area contributed by atoms with Gasteiger partial charge < -0.3 is 29.7 Å². The Hall–Kier alpha value is -2.88. The van der Waals surface area contributed by atoms with Crippen LogP contribution in [-0.4, -0.2) is 74.0 Å². The molecule has 3 N–H and O–H groups in total. The molecular formula is C23H30N4O6S. The molecule has 0 radical (unpaired) electrons. The van der Waals surface area contributed by atoms with Crippen molar-refractivity contribution >= 4 is 39.4 Å². The molecule has 0 bridgehead atoms. The maximum Gasteiger partial charge on any atom is 0.344 e. The van der Waals surface area contributed by atoms with Crippen LogP contribution in [0.2, 0.25) is 0 Å². The van der Waals surface area contributed by atoms with Crippen molar-refractivity contribution in [3.8, 4) is 0 Å². The summed E-state index contributed by atoms with van der Waals surface area (Å²) in [7, 11) is 0. The molecule has 1 aromatic carbocycles. The number of carboxylic acids is 1. The highest BCUT2D eigenvalue weighted by molar-refractivity contribution is 7.18. The number of aliphatic hydroxyl groups is 2. The first kappa shape index (κ1) is 27.4. The van der Waals surface area contributed by atoms with Gasteiger partial charge in [0.15, 0.2) is 0 Å². The first-order valence-corrected chi connectivity index (χ1v) is 11.6. The number of anilines is 1. The minimum Gasteiger partial charge on any atom is -0.477 e. The Morgan fingerprint density at radius 3 is 2.41 bits per heavy atom. The number of thiophene rings is 1. The minimum atomic E-state index is -1.08. The summed E-state index contributed by atoms with van der Waals surface area (Å²) in [5.74, 6) is -1.08. The van der Waals surface area contributed by atoms with E-state index < -0.39 is 5.97 Å². The third kappa shape index (κ3) is 7.86. The van der Waals surface area contributed by atoms with Crippen molar-refractivity contribution in [1.82, 2.24) is 0 Å². The maximum absolute atomic E-state index is 11.4. The number of carboxylic acid groups (broad SMARTS) is 1. The number of nitrogens with zero attached hydrogens (tertiary/aromatic N) is 4. The molecule has 0 aliphatic heterocycles. The molecule has 2 rings (SSSR count). The van der Waals surface area contributed by atoms with Crippen LogP contribution in [0.4, 0.5) is 22.1 Å². The Kier molecular flexibility index (Phi) is 11.6. The van der Waals surface area contributed by atoms with Crippen LogP contribution in [0.25, 0.3) is 4.85 Å². The fourth-order valence-corrected chi connectivity index (χ4v) is 4.08. The number of hydrogen-bond acceptors (Lipinski definition) is 9. The van der Waals surface area contributed by atoms with Crippen molar-refractivity contribution in [2.45, 2.75) is 20.3 Å². The van der Waals surface area contributed by atoms with Crippen molar-refractivity contribution in [3.63, 3.8) is 0 Å². The van der Waals surface area contributed by atoms with Gasteiger partial charge in [0, 0.05) is 25.4 Å². The lowest BCUT2D eigenvalue weighted by Crippen LogP contribution is -2.29. The van der Waals surface area contributed by atoms with E-state index in [0.717, 1.165) is 35.6 Å². The molecule has 0 fully saturated rings. The Labute approximate surface area is 202 Å². The Morgan fingerprint density at radius 1 is 1.09 bits per heavy atom. The maximum atomic E-state index is 11.4. The van der Waals surface area contributed by atoms with Gasteiger partial charge in [-0.05, 0) is 49.6 Å². The highest BCUT2D eigenvalue weighted by Crippen LogP contribution is 2.43. The molecule has 11 heteroatoms. The van der Waals surface area contributed by atoms with E-state index >= 15 is 0 Å². The van der Waals surface area contributed by atoms with Crippen LogP contribution in [0.1, 0.15) is 27.2 Å². The number of hydrogen-bond donors (Lipinski definition) is 3. The zero-order valence-corrected chi connectivity index (χ0v) is 20.2. The predicted octanol–water partition coefficient (Wildman–Crippen LogP) is 4.24. The summed E-state index contributed by atoms with van der Waals surface area (Å²) in [5.41, 5.74) is 3.06. The second-order valence-electron chi connectivity index (χ2n) is 7.31. The second kappa shape index (κ2) is 14.4. The molecule has 1 heterocycles. The summed E-state index contributed by atoms with van der Waals surface area (Å²) >= 11 is 0.938. The molecule has 10 nitrogen and oxygen atoms in total. The van der Waals surface area contributed by atoms with Crippen molar-refractivity contribution in [1.29, 1.82) is 0 Å². The molecule has 0 aliphatic carbocycles. The fourth-order valence-electron chi connectivity index (χ4n) is 3.18. The number of rotatable bonds is 15. The number of aromatic carboxylic acids is 1. The Bertz CT molecular complexity index is 1020. The van der Waals surface area contributed by atoms with E-state index in [9.17, 15) is 9.90 Å². The Morgan fingerprint density at radius 2 is 1.79 bits per heavy atom. The van der Waals surface area contributed by atoms with Crippen LogP contribution in [0.15, 0.2) is 28.4 Å². The van der Waals surface area contributed by atoms with E-state index in [-0.39, 0.29) is 35.4 Å². The molecule has 34 heavy (non-hydrogen) atoms. The summed E-state index contributed by atoms with van der Waals surface area (Å²) in [6.07, 6.45) is 0.767. The standard InChI is InChI=1S/C23H30N4O6S/c1-16-15-18(27(8-12-33-14-10-29)7-4-11-32-13-9-28)5-6-19(16)25-26-22-20(24-3)17(2)21(34-22)23(30)31/h5-6,15,28-29H,4,7-14H2,1-2H3,(H,30,31). The third-order valence-electron chi connectivity index (χ3n) is 4.89. The van der Waals surface area contributed by atoms with Gasteiger partial charge in [0.1, 0.15) is 9.88 Å². The summed E-state index contributed by atoms with van der Waals surface area (Å²) in [5, 5.41) is 35.7. The lowest BCUT2D eigenvalue weighted by atomic mass is 10.1. The monoisotopic (exact) mass is 490 g/mol. The van der Waals surface area contributed by atoms with Gasteiger partial charge in [-0.1, -0.05) is 0 Å². The van der Waals surface area contributed by atoms with E-state index in [4.69, 9.17) is 26.3 Å². The molecule has 1 aromatic heterocycles. The number of aryl methyl sites for hydroxylation is 1. The van der Waals surface area contributed by atoms with Crippen LogP contribution in [-0.2, 0) is 9.47 Å². The lowest BCUT2D eigenvalue weighted by molar-refractivity contribution is 0.0701. The van der Waals surface area contributed by atoms with E-state index in [0.29, 0.717) is 37.6 Å². The van der Waals surface area contributed by atoms with Crippen LogP contribution in [0.5, 0.6) is 0 Å². The molecule has 0 aliphatic rings. The summed E-state index contributed by atoms with van der Waals surface area (Å²) < 4.78 is 10.8. The summed E-state index contributed by atoms with van der Waals surface area (Å²) in [6, 6.07) is 5.72. The topological polar surface area (TPSA) is 129 Å². The third-order valence-corrected chi connectivity index (χ3v) is 6.04. The average Bonchev–Trinajstić information content (AvgIpc) is 3.14. The number of ether oxygens (including phenoxy) is 2.